The lowest BCUT2D eigenvalue weighted by Gasteiger charge is -2.27. The van der Waals surface area contributed by atoms with Gasteiger partial charge < -0.3 is 10.1 Å². The minimum atomic E-state index is -4.03. The van der Waals surface area contributed by atoms with Crippen LogP contribution in [0.3, 0.4) is 0 Å². The van der Waals surface area contributed by atoms with Gasteiger partial charge in [-0.05, 0) is 86.6 Å². The molecule has 0 bridgehead atoms. The highest BCUT2D eigenvalue weighted by Gasteiger charge is 2.30. The Balaban J connectivity index is 1.64. The van der Waals surface area contributed by atoms with Crippen LogP contribution in [-0.4, -0.2) is 28.0 Å². The second-order valence-electron chi connectivity index (χ2n) is 9.17. The molecule has 6 nitrogen and oxygen atoms in total. The summed E-state index contributed by atoms with van der Waals surface area (Å²) in [6, 6.07) is 18.0. The molecule has 4 rings (SSSR count). The van der Waals surface area contributed by atoms with E-state index in [0.29, 0.717) is 11.4 Å². The molecule has 0 heterocycles. The zero-order chi connectivity index (χ0) is 25.2. The molecule has 1 aliphatic carbocycles. The van der Waals surface area contributed by atoms with E-state index in [9.17, 15) is 13.2 Å². The molecule has 0 aromatic heterocycles. The number of amides is 1. The number of rotatable bonds is 8. The van der Waals surface area contributed by atoms with Crippen molar-refractivity contribution in [2.24, 2.45) is 0 Å². The Morgan fingerprint density at radius 1 is 0.971 bits per heavy atom. The number of hydrogen-bond donors (Lipinski definition) is 1. The fraction of sp³-hybridized carbons (Fsp3) is 0.321. The zero-order valence-corrected chi connectivity index (χ0v) is 21.5. The summed E-state index contributed by atoms with van der Waals surface area (Å²) in [6.07, 6.45) is 3.31. The molecule has 0 spiro atoms. The van der Waals surface area contributed by atoms with Crippen LogP contribution in [-0.2, 0) is 27.7 Å². The van der Waals surface area contributed by atoms with Crippen molar-refractivity contribution in [3.8, 4) is 5.75 Å². The lowest BCUT2D eigenvalue weighted by molar-refractivity contribution is -0.120. The van der Waals surface area contributed by atoms with E-state index in [1.54, 1.807) is 36.4 Å². The van der Waals surface area contributed by atoms with Gasteiger partial charge in [0.1, 0.15) is 12.3 Å². The van der Waals surface area contributed by atoms with E-state index in [2.05, 4.69) is 17.4 Å². The number of benzene rings is 3. The van der Waals surface area contributed by atoms with Crippen molar-refractivity contribution in [1.29, 1.82) is 0 Å². The van der Waals surface area contributed by atoms with Crippen LogP contribution in [0.25, 0.3) is 0 Å². The van der Waals surface area contributed by atoms with Gasteiger partial charge in [-0.25, -0.2) is 8.42 Å². The molecule has 0 aliphatic heterocycles. The van der Waals surface area contributed by atoms with Gasteiger partial charge in [0.2, 0.25) is 5.91 Å². The average Bonchev–Trinajstić information content (AvgIpc) is 3.30. The Bertz CT molecular complexity index is 1330. The molecule has 3 aromatic rings. The molecule has 1 atom stereocenters. The Kier molecular flexibility index (Phi) is 7.17. The van der Waals surface area contributed by atoms with E-state index in [1.165, 1.54) is 18.2 Å². The van der Waals surface area contributed by atoms with Gasteiger partial charge in [-0.1, -0.05) is 42.0 Å². The molecule has 0 fully saturated rings. The van der Waals surface area contributed by atoms with Gasteiger partial charge in [0, 0.05) is 0 Å². The number of ether oxygens (including phenoxy) is 1. The summed E-state index contributed by atoms with van der Waals surface area (Å²) in [5.41, 5.74) is 5.85. The maximum atomic E-state index is 13.7. The molecule has 1 amide bonds. The van der Waals surface area contributed by atoms with Gasteiger partial charge >= 0.3 is 0 Å². The number of fused-ring (bicyclic) bond motifs is 1. The Hall–Kier alpha value is -3.32. The van der Waals surface area contributed by atoms with E-state index >= 15 is 0 Å². The van der Waals surface area contributed by atoms with Crippen LogP contribution in [0.2, 0.25) is 0 Å². The molecular weight excluding hydrogens is 460 g/mol. The molecule has 1 N–H and O–H groups in total. The number of sulfonamides is 1. The van der Waals surface area contributed by atoms with Crippen LogP contribution in [0, 0.1) is 13.8 Å². The van der Waals surface area contributed by atoms with Gasteiger partial charge in [-0.15, -0.1) is 0 Å². The van der Waals surface area contributed by atoms with E-state index < -0.39 is 15.9 Å². The summed E-state index contributed by atoms with van der Waals surface area (Å²) in [4.78, 5) is 13.3. The van der Waals surface area contributed by atoms with E-state index in [0.717, 1.165) is 40.3 Å². The van der Waals surface area contributed by atoms with Crippen LogP contribution in [0.4, 0.5) is 5.69 Å². The fourth-order valence-corrected chi connectivity index (χ4v) is 5.92. The van der Waals surface area contributed by atoms with Crippen LogP contribution in [0.1, 0.15) is 47.2 Å². The van der Waals surface area contributed by atoms with Crippen LogP contribution < -0.4 is 14.4 Å². The van der Waals surface area contributed by atoms with Crippen molar-refractivity contribution in [1.82, 2.24) is 5.32 Å². The summed E-state index contributed by atoms with van der Waals surface area (Å²) in [5, 5.41) is 2.99. The standard InChI is InChI=1S/C28H32N2O4S/c1-19-8-13-25(14-9-19)35(32,33)30(26-16-20(2)10-15-27(26)34-4)18-28(31)29-21(3)23-12-11-22-6-5-7-24(22)17-23/h8-17,21H,5-7,18H2,1-4H3,(H,29,31)/t21-/m1/s1. The van der Waals surface area contributed by atoms with Crippen molar-refractivity contribution in [2.75, 3.05) is 18.0 Å². The summed E-state index contributed by atoms with van der Waals surface area (Å²) in [7, 11) is -2.54. The van der Waals surface area contributed by atoms with Crippen molar-refractivity contribution >= 4 is 21.6 Å². The highest BCUT2D eigenvalue weighted by molar-refractivity contribution is 7.92. The van der Waals surface area contributed by atoms with E-state index in [1.807, 2.05) is 32.9 Å². The quantitative estimate of drug-likeness (QED) is 0.487. The first-order valence-corrected chi connectivity index (χ1v) is 13.3. The number of carbonyl (C=O) groups excluding carboxylic acids is 1. The van der Waals surface area contributed by atoms with Gasteiger partial charge in [0.15, 0.2) is 0 Å². The third-order valence-corrected chi connectivity index (χ3v) is 8.27. The molecular formula is C28H32N2O4S. The van der Waals surface area contributed by atoms with E-state index in [4.69, 9.17) is 4.74 Å². The Morgan fingerprint density at radius 2 is 1.66 bits per heavy atom. The lowest BCUT2D eigenvalue weighted by atomic mass is 10.0. The second kappa shape index (κ2) is 10.1. The third kappa shape index (κ3) is 5.35. The first kappa shape index (κ1) is 24.8. The molecule has 0 saturated heterocycles. The van der Waals surface area contributed by atoms with Crippen molar-refractivity contribution in [3.63, 3.8) is 0 Å². The molecule has 1 aliphatic rings. The van der Waals surface area contributed by atoms with Gasteiger partial charge in [-0.3, -0.25) is 9.10 Å². The molecule has 3 aromatic carbocycles. The second-order valence-corrected chi connectivity index (χ2v) is 11.0. The first-order valence-electron chi connectivity index (χ1n) is 11.8. The fourth-order valence-electron chi connectivity index (χ4n) is 4.49. The summed E-state index contributed by atoms with van der Waals surface area (Å²) >= 11 is 0. The zero-order valence-electron chi connectivity index (χ0n) is 20.7. The molecule has 0 unspecified atom stereocenters. The smallest absolute Gasteiger partial charge is 0.264 e. The molecule has 7 heteroatoms. The van der Waals surface area contributed by atoms with Crippen molar-refractivity contribution < 1.29 is 17.9 Å². The van der Waals surface area contributed by atoms with Crippen LogP contribution >= 0.6 is 0 Å². The number of carbonyl (C=O) groups is 1. The highest BCUT2D eigenvalue weighted by Crippen LogP contribution is 2.33. The Labute approximate surface area is 208 Å². The van der Waals surface area contributed by atoms with Crippen molar-refractivity contribution in [3.05, 3.63) is 88.5 Å². The number of aryl methyl sites for hydroxylation is 4. The number of methoxy groups -OCH3 is 1. The molecule has 35 heavy (non-hydrogen) atoms. The van der Waals surface area contributed by atoms with Crippen molar-refractivity contribution in [2.45, 2.75) is 51.0 Å². The van der Waals surface area contributed by atoms with Gasteiger partial charge in [0.05, 0.1) is 23.7 Å². The number of hydrogen-bond acceptors (Lipinski definition) is 4. The van der Waals surface area contributed by atoms with Crippen LogP contribution in [0.15, 0.2) is 65.6 Å². The topological polar surface area (TPSA) is 75.7 Å². The largest absolute Gasteiger partial charge is 0.495 e. The molecule has 0 radical (unpaired) electrons. The van der Waals surface area contributed by atoms with E-state index in [-0.39, 0.29) is 17.5 Å². The minimum absolute atomic E-state index is 0.117. The van der Waals surface area contributed by atoms with Gasteiger partial charge in [-0.2, -0.15) is 0 Å². The summed E-state index contributed by atoms with van der Waals surface area (Å²) < 4.78 is 34.1. The number of anilines is 1. The first-order chi connectivity index (χ1) is 16.7. The highest BCUT2D eigenvalue weighted by atomic mass is 32.2. The predicted molar refractivity (Wildman–Crippen MR) is 138 cm³/mol. The maximum absolute atomic E-state index is 13.7. The maximum Gasteiger partial charge on any atom is 0.264 e. The minimum Gasteiger partial charge on any atom is -0.495 e. The van der Waals surface area contributed by atoms with Crippen LogP contribution in [0.5, 0.6) is 5.75 Å². The number of nitrogens with one attached hydrogen (secondary N) is 1. The average molecular weight is 493 g/mol. The number of nitrogens with zero attached hydrogens (tertiary/aromatic N) is 1. The Morgan fingerprint density at radius 3 is 2.37 bits per heavy atom. The van der Waals surface area contributed by atoms with Gasteiger partial charge in [0.25, 0.3) is 10.0 Å². The monoisotopic (exact) mass is 492 g/mol. The third-order valence-electron chi connectivity index (χ3n) is 6.50. The molecule has 184 valence electrons. The lowest BCUT2D eigenvalue weighted by Crippen LogP contribution is -2.41. The normalized spacial score (nSPS) is 13.7. The predicted octanol–water partition coefficient (Wildman–Crippen LogP) is 4.87. The summed E-state index contributed by atoms with van der Waals surface area (Å²) in [6.45, 7) is 5.31. The summed E-state index contributed by atoms with van der Waals surface area (Å²) in [5.74, 6) is -0.0111. The SMILES string of the molecule is COc1ccc(C)cc1N(CC(=O)N[C@H](C)c1ccc2c(c1)CCC2)S(=O)(=O)c1ccc(C)cc1. The molecule has 0 saturated carbocycles.